The van der Waals surface area contributed by atoms with Crippen LogP contribution < -0.4 is 10.7 Å². The molecule has 3 nitrogen and oxygen atoms in total. The Bertz CT molecular complexity index is 451. The maximum Gasteiger partial charge on any atom is 0.193 e. The summed E-state index contributed by atoms with van der Waals surface area (Å²) in [5.41, 5.74) is 5.31. The van der Waals surface area contributed by atoms with Gasteiger partial charge >= 0.3 is 0 Å². The van der Waals surface area contributed by atoms with Gasteiger partial charge < -0.3 is 5.32 Å². The van der Waals surface area contributed by atoms with Crippen molar-refractivity contribution in [1.29, 1.82) is 0 Å². The van der Waals surface area contributed by atoms with E-state index < -0.39 is 0 Å². The average molecular weight is 247 g/mol. The standard InChI is InChI=1S/C13H17N3S/c1-10-9-13(2,3)14-12(17)16(10)15-11-7-5-4-6-8-11/h4-9,15H,1-3H3,(H,14,17). The molecule has 1 heterocycles. The molecule has 1 aliphatic rings. The van der Waals surface area contributed by atoms with Crippen LogP contribution in [-0.2, 0) is 0 Å². The topological polar surface area (TPSA) is 27.3 Å². The first-order valence-electron chi connectivity index (χ1n) is 5.61. The van der Waals surface area contributed by atoms with Gasteiger partial charge in [0.2, 0.25) is 0 Å². The summed E-state index contributed by atoms with van der Waals surface area (Å²) in [6, 6.07) is 9.99. The number of nitrogens with one attached hydrogen (secondary N) is 2. The fraction of sp³-hybridized carbons (Fsp3) is 0.308. The molecular weight excluding hydrogens is 230 g/mol. The molecule has 2 N–H and O–H groups in total. The Labute approximate surface area is 107 Å². The van der Waals surface area contributed by atoms with E-state index in [1.54, 1.807) is 0 Å². The molecule has 4 heteroatoms. The lowest BCUT2D eigenvalue weighted by Gasteiger charge is -2.38. The second-order valence-electron chi connectivity index (χ2n) is 4.75. The van der Waals surface area contributed by atoms with Gasteiger partial charge in [-0.2, -0.15) is 0 Å². The minimum Gasteiger partial charge on any atom is -0.352 e. The zero-order valence-electron chi connectivity index (χ0n) is 10.3. The lowest BCUT2D eigenvalue weighted by atomic mass is 10.0. The molecule has 2 rings (SSSR count). The van der Waals surface area contributed by atoms with Crippen LogP contribution in [0.5, 0.6) is 0 Å². The van der Waals surface area contributed by atoms with Gasteiger partial charge in [-0.05, 0) is 51.2 Å². The number of anilines is 1. The minimum absolute atomic E-state index is 0.0873. The molecule has 1 aliphatic heterocycles. The minimum atomic E-state index is -0.0873. The third kappa shape index (κ3) is 2.77. The molecule has 0 fully saturated rings. The highest BCUT2D eigenvalue weighted by atomic mass is 32.1. The molecule has 0 bridgehead atoms. The Morgan fingerprint density at radius 1 is 1.24 bits per heavy atom. The van der Waals surface area contributed by atoms with Crippen LogP contribution >= 0.6 is 12.2 Å². The molecule has 0 spiro atoms. The van der Waals surface area contributed by atoms with E-state index >= 15 is 0 Å². The molecule has 0 atom stereocenters. The average Bonchev–Trinajstić information content (AvgIpc) is 2.24. The van der Waals surface area contributed by atoms with Crippen molar-refractivity contribution in [3.8, 4) is 0 Å². The summed E-state index contributed by atoms with van der Waals surface area (Å²) < 4.78 is 0. The number of thiocarbonyl (C=S) groups is 1. The van der Waals surface area contributed by atoms with Gasteiger partial charge in [-0.15, -0.1) is 0 Å². The first kappa shape index (κ1) is 11.9. The van der Waals surface area contributed by atoms with Crippen LogP contribution in [0.2, 0.25) is 0 Å². The summed E-state index contributed by atoms with van der Waals surface area (Å²) in [6.45, 7) is 6.25. The molecule has 0 saturated carbocycles. The van der Waals surface area contributed by atoms with Crippen LogP contribution in [-0.4, -0.2) is 15.7 Å². The molecule has 1 aromatic carbocycles. The molecular formula is C13H17N3S. The molecule has 0 aromatic heterocycles. The maximum absolute atomic E-state index is 5.36. The monoisotopic (exact) mass is 247 g/mol. The summed E-state index contributed by atoms with van der Waals surface area (Å²) in [5.74, 6) is 0. The molecule has 0 aliphatic carbocycles. The number of benzene rings is 1. The van der Waals surface area contributed by atoms with Gasteiger partial charge in [0, 0.05) is 5.70 Å². The number of hydrogen-bond donors (Lipinski definition) is 2. The van der Waals surface area contributed by atoms with Gasteiger partial charge in [0.05, 0.1) is 11.2 Å². The number of rotatable bonds is 2. The van der Waals surface area contributed by atoms with Crippen molar-refractivity contribution >= 4 is 23.0 Å². The lowest BCUT2D eigenvalue weighted by molar-refractivity contribution is 0.469. The fourth-order valence-electron chi connectivity index (χ4n) is 1.90. The highest BCUT2D eigenvalue weighted by Gasteiger charge is 2.26. The van der Waals surface area contributed by atoms with Crippen LogP contribution in [0.3, 0.4) is 0 Å². The van der Waals surface area contributed by atoms with E-state index in [4.69, 9.17) is 12.2 Å². The van der Waals surface area contributed by atoms with Gasteiger partial charge in [-0.1, -0.05) is 18.2 Å². The number of hydrogen-bond acceptors (Lipinski definition) is 2. The van der Waals surface area contributed by atoms with Gasteiger partial charge in [-0.25, -0.2) is 5.01 Å². The first-order chi connectivity index (χ1) is 7.98. The maximum atomic E-state index is 5.36. The van der Waals surface area contributed by atoms with E-state index in [0.29, 0.717) is 5.11 Å². The predicted molar refractivity (Wildman–Crippen MR) is 75.5 cm³/mol. The summed E-state index contributed by atoms with van der Waals surface area (Å²) in [4.78, 5) is 0. The SMILES string of the molecule is CC1=CC(C)(C)NC(=S)N1Nc1ccccc1. The Kier molecular flexibility index (Phi) is 3.07. The van der Waals surface area contributed by atoms with Crippen molar-refractivity contribution in [1.82, 2.24) is 10.3 Å². The van der Waals surface area contributed by atoms with E-state index in [-0.39, 0.29) is 5.54 Å². The van der Waals surface area contributed by atoms with Gasteiger partial charge in [0.1, 0.15) is 0 Å². The highest BCUT2D eigenvalue weighted by molar-refractivity contribution is 7.80. The third-order valence-corrected chi connectivity index (χ3v) is 2.85. The van der Waals surface area contributed by atoms with Crippen molar-refractivity contribution in [3.05, 3.63) is 42.1 Å². The van der Waals surface area contributed by atoms with E-state index in [2.05, 4.69) is 30.7 Å². The predicted octanol–water partition coefficient (Wildman–Crippen LogP) is 2.89. The quantitative estimate of drug-likeness (QED) is 0.786. The number of para-hydroxylation sites is 1. The highest BCUT2D eigenvalue weighted by Crippen LogP contribution is 2.20. The number of nitrogens with zero attached hydrogens (tertiary/aromatic N) is 1. The Hall–Kier alpha value is -1.55. The van der Waals surface area contributed by atoms with Gasteiger partial charge in [-0.3, -0.25) is 5.43 Å². The fourth-order valence-corrected chi connectivity index (χ4v) is 2.35. The van der Waals surface area contributed by atoms with E-state index in [1.807, 2.05) is 42.3 Å². The number of hydrazine groups is 1. The van der Waals surface area contributed by atoms with Crippen LogP contribution in [0, 0.1) is 0 Å². The zero-order valence-corrected chi connectivity index (χ0v) is 11.1. The second kappa shape index (κ2) is 4.37. The van der Waals surface area contributed by atoms with E-state index in [9.17, 15) is 0 Å². The molecule has 90 valence electrons. The first-order valence-corrected chi connectivity index (χ1v) is 6.02. The molecule has 0 radical (unpaired) electrons. The summed E-state index contributed by atoms with van der Waals surface area (Å²) in [6.07, 6.45) is 2.15. The van der Waals surface area contributed by atoms with Crippen LogP contribution in [0.25, 0.3) is 0 Å². The Balaban J connectivity index is 2.20. The Morgan fingerprint density at radius 2 is 1.88 bits per heavy atom. The van der Waals surface area contributed by atoms with Crippen molar-refractivity contribution < 1.29 is 0 Å². The van der Waals surface area contributed by atoms with Gasteiger partial charge in [0.25, 0.3) is 0 Å². The molecule has 0 amide bonds. The molecule has 0 unspecified atom stereocenters. The second-order valence-corrected chi connectivity index (χ2v) is 5.14. The van der Waals surface area contributed by atoms with Crippen molar-refractivity contribution in [3.63, 3.8) is 0 Å². The van der Waals surface area contributed by atoms with Crippen molar-refractivity contribution in [2.24, 2.45) is 0 Å². The summed E-state index contributed by atoms with van der Waals surface area (Å²) in [7, 11) is 0. The van der Waals surface area contributed by atoms with Gasteiger partial charge in [0.15, 0.2) is 5.11 Å². The zero-order chi connectivity index (χ0) is 12.5. The third-order valence-electron chi connectivity index (χ3n) is 2.57. The largest absolute Gasteiger partial charge is 0.352 e. The lowest BCUT2D eigenvalue weighted by Crippen LogP contribution is -2.54. The smallest absolute Gasteiger partial charge is 0.193 e. The summed E-state index contributed by atoms with van der Waals surface area (Å²) >= 11 is 5.36. The van der Waals surface area contributed by atoms with Crippen LogP contribution in [0.15, 0.2) is 42.1 Å². The summed E-state index contributed by atoms with van der Waals surface area (Å²) in [5, 5.41) is 5.85. The Morgan fingerprint density at radius 3 is 2.47 bits per heavy atom. The molecule has 0 saturated heterocycles. The normalized spacial score (nSPS) is 18.4. The van der Waals surface area contributed by atoms with E-state index in [0.717, 1.165) is 11.4 Å². The van der Waals surface area contributed by atoms with Crippen LogP contribution in [0.1, 0.15) is 20.8 Å². The van der Waals surface area contributed by atoms with Crippen molar-refractivity contribution in [2.45, 2.75) is 26.3 Å². The van der Waals surface area contributed by atoms with Crippen LogP contribution in [0.4, 0.5) is 5.69 Å². The van der Waals surface area contributed by atoms with Crippen molar-refractivity contribution in [2.75, 3.05) is 5.43 Å². The molecule has 1 aromatic rings. The van der Waals surface area contributed by atoms with E-state index in [1.165, 1.54) is 0 Å². The molecule has 17 heavy (non-hydrogen) atoms. The number of allylic oxidation sites excluding steroid dienone is 1.